The van der Waals surface area contributed by atoms with E-state index in [0.29, 0.717) is 6.04 Å². The van der Waals surface area contributed by atoms with Crippen LogP contribution in [0.25, 0.3) is 0 Å². The number of rotatable bonds is 3. The minimum absolute atomic E-state index is 0.0926. The van der Waals surface area contributed by atoms with Gasteiger partial charge in [-0.15, -0.1) is 0 Å². The number of carbonyl (C=O) groups excluding carboxylic acids is 1. The molecular weight excluding hydrogens is 184 g/mol. The van der Waals surface area contributed by atoms with Gasteiger partial charge in [-0.1, -0.05) is 6.92 Å². The van der Waals surface area contributed by atoms with Gasteiger partial charge in [0, 0.05) is 18.8 Å². The van der Waals surface area contributed by atoms with Crippen LogP contribution in [0, 0.1) is 0 Å². The van der Waals surface area contributed by atoms with E-state index in [1.54, 1.807) is 0 Å². The lowest BCUT2D eigenvalue weighted by Gasteiger charge is -2.26. The van der Waals surface area contributed by atoms with Gasteiger partial charge in [0.25, 0.3) is 0 Å². The van der Waals surface area contributed by atoms with Crippen molar-refractivity contribution in [3.63, 3.8) is 0 Å². The van der Waals surface area contributed by atoms with E-state index in [9.17, 15) is 4.79 Å². The van der Waals surface area contributed by atoms with E-state index in [1.165, 1.54) is 5.75 Å². The van der Waals surface area contributed by atoms with E-state index in [2.05, 4.69) is 0 Å². The summed E-state index contributed by atoms with van der Waals surface area (Å²) < 4.78 is 0. The third-order valence-corrected chi connectivity index (χ3v) is 3.70. The molecule has 1 aliphatic rings. The van der Waals surface area contributed by atoms with Crippen molar-refractivity contribution in [2.75, 3.05) is 18.6 Å². The predicted octanol–water partition coefficient (Wildman–Crippen LogP) is 0.688. The number of likely N-dealkylation sites (N-methyl/N-ethyl adjacent to an activating group) is 1. The molecule has 13 heavy (non-hydrogen) atoms. The first-order chi connectivity index (χ1) is 6.16. The standard InChI is InChI=1S/C9H18N2OS/c1-3-8(10)9(12)11(2)7-4-5-13-6-7/h7-8H,3-6,10H2,1-2H3/t7?,8-/m1/s1. The molecule has 0 aromatic heterocycles. The third kappa shape index (κ3) is 2.61. The summed E-state index contributed by atoms with van der Waals surface area (Å²) in [6.45, 7) is 1.94. The molecule has 0 aromatic rings. The maximum atomic E-state index is 11.7. The first-order valence-corrected chi connectivity index (χ1v) is 5.92. The van der Waals surface area contributed by atoms with Crippen LogP contribution in [0.2, 0.25) is 0 Å². The molecule has 1 rings (SSSR count). The minimum Gasteiger partial charge on any atom is -0.341 e. The van der Waals surface area contributed by atoms with Gasteiger partial charge in [-0.05, 0) is 18.6 Å². The van der Waals surface area contributed by atoms with Crippen LogP contribution in [-0.4, -0.2) is 41.4 Å². The zero-order valence-corrected chi connectivity index (χ0v) is 9.14. The van der Waals surface area contributed by atoms with Gasteiger partial charge in [0.05, 0.1) is 6.04 Å². The van der Waals surface area contributed by atoms with Gasteiger partial charge in [-0.2, -0.15) is 11.8 Å². The molecule has 0 spiro atoms. The van der Waals surface area contributed by atoms with Crippen LogP contribution in [0.3, 0.4) is 0 Å². The van der Waals surface area contributed by atoms with Crippen LogP contribution in [0.1, 0.15) is 19.8 Å². The quantitative estimate of drug-likeness (QED) is 0.732. The second-order valence-corrected chi connectivity index (χ2v) is 4.63. The highest BCUT2D eigenvalue weighted by atomic mass is 32.2. The first-order valence-electron chi connectivity index (χ1n) is 4.76. The summed E-state index contributed by atoms with van der Waals surface area (Å²) in [5.74, 6) is 2.33. The Morgan fingerprint density at radius 3 is 2.92 bits per heavy atom. The Bertz CT molecular complexity index is 180. The van der Waals surface area contributed by atoms with Crippen molar-refractivity contribution in [2.45, 2.75) is 31.8 Å². The van der Waals surface area contributed by atoms with Crippen molar-refractivity contribution in [3.8, 4) is 0 Å². The average Bonchev–Trinajstić information content (AvgIpc) is 2.67. The van der Waals surface area contributed by atoms with Crippen molar-refractivity contribution < 1.29 is 4.79 Å². The predicted molar refractivity (Wildman–Crippen MR) is 56.8 cm³/mol. The summed E-state index contributed by atoms with van der Waals surface area (Å²) in [6, 6.07) is 0.102. The lowest BCUT2D eigenvalue weighted by molar-refractivity contribution is -0.132. The van der Waals surface area contributed by atoms with E-state index in [4.69, 9.17) is 5.73 Å². The van der Waals surface area contributed by atoms with Crippen LogP contribution < -0.4 is 5.73 Å². The summed E-state index contributed by atoms with van der Waals surface area (Å²) in [7, 11) is 1.87. The smallest absolute Gasteiger partial charge is 0.239 e. The van der Waals surface area contributed by atoms with Gasteiger partial charge in [0.2, 0.25) is 5.91 Å². The number of nitrogens with zero attached hydrogens (tertiary/aromatic N) is 1. The Morgan fingerprint density at radius 1 is 1.77 bits per heavy atom. The Kier molecular flexibility index (Phi) is 4.06. The molecule has 4 heteroatoms. The molecule has 1 aliphatic heterocycles. The molecule has 3 nitrogen and oxygen atoms in total. The number of carbonyl (C=O) groups is 1. The molecule has 1 heterocycles. The lowest BCUT2D eigenvalue weighted by atomic mass is 10.1. The molecule has 76 valence electrons. The number of hydrogen-bond acceptors (Lipinski definition) is 3. The highest BCUT2D eigenvalue weighted by molar-refractivity contribution is 7.99. The molecule has 2 N–H and O–H groups in total. The van der Waals surface area contributed by atoms with Crippen LogP contribution in [0.4, 0.5) is 0 Å². The van der Waals surface area contributed by atoms with Gasteiger partial charge >= 0.3 is 0 Å². The largest absolute Gasteiger partial charge is 0.341 e. The Morgan fingerprint density at radius 2 is 2.46 bits per heavy atom. The Hall–Kier alpha value is -0.220. The van der Waals surface area contributed by atoms with Crippen LogP contribution in [-0.2, 0) is 4.79 Å². The van der Waals surface area contributed by atoms with Crippen molar-refractivity contribution >= 4 is 17.7 Å². The number of amides is 1. The zero-order chi connectivity index (χ0) is 9.84. The molecule has 0 aliphatic carbocycles. The Balaban J connectivity index is 2.45. The van der Waals surface area contributed by atoms with Crippen LogP contribution in [0.15, 0.2) is 0 Å². The number of hydrogen-bond donors (Lipinski definition) is 1. The van der Waals surface area contributed by atoms with E-state index >= 15 is 0 Å². The fraction of sp³-hybridized carbons (Fsp3) is 0.889. The Labute approximate surface area is 84.0 Å². The molecule has 0 bridgehead atoms. The first kappa shape index (κ1) is 10.9. The SMILES string of the molecule is CC[C@@H](N)C(=O)N(C)C1CCSC1. The van der Waals surface area contributed by atoms with Crippen molar-refractivity contribution in [2.24, 2.45) is 5.73 Å². The van der Waals surface area contributed by atoms with E-state index in [0.717, 1.165) is 18.6 Å². The molecule has 1 unspecified atom stereocenters. The highest BCUT2D eigenvalue weighted by Gasteiger charge is 2.26. The highest BCUT2D eigenvalue weighted by Crippen LogP contribution is 2.21. The maximum Gasteiger partial charge on any atom is 0.239 e. The topological polar surface area (TPSA) is 46.3 Å². The van der Waals surface area contributed by atoms with Gasteiger partial charge in [-0.25, -0.2) is 0 Å². The monoisotopic (exact) mass is 202 g/mol. The van der Waals surface area contributed by atoms with Gasteiger partial charge < -0.3 is 10.6 Å². The molecular formula is C9H18N2OS. The van der Waals surface area contributed by atoms with Crippen molar-refractivity contribution in [1.29, 1.82) is 0 Å². The average molecular weight is 202 g/mol. The molecule has 0 saturated carbocycles. The molecule has 1 saturated heterocycles. The van der Waals surface area contributed by atoms with Gasteiger partial charge in [0.15, 0.2) is 0 Å². The normalized spacial score (nSPS) is 24.4. The van der Waals surface area contributed by atoms with Gasteiger partial charge in [0.1, 0.15) is 0 Å². The van der Waals surface area contributed by atoms with Crippen molar-refractivity contribution in [1.82, 2.24) is 4.90 Å². The molecule has 0 radical (unpaired) electrons. The van der Waals surface area contributed by atoms with Crippen LogP contribution >= 0.6 is 11.8 Å². The molecule has 1 fully saturated rings. The second kappa shape index (κ2) is 4.86. The summed E-state index contributed by atoms with van der Waals surface area (Å²) in [5.41, 5.74) is 5.69. The fourth-order valence-electron chi connectivity index (χ4n) is 1.44. The fourth-order valence-corrected chi connectivity index (χ4v) is 2.71. The van der Waals surface area contributed by atoms with E-state index in [1.807, 2.05) is 30.6 Å². The van der Waals surface area contributed by atoms with Crippen LogP contribution in [0.5, 0.6) is 0 Å². The maximum absolute atomic E-state index is 11.7. The van der Waals surface area contributed by atoms with E-state index in [-0.39, 0.29) is 11.9 Å². The zero-order valence-electron chi connectivity index (χ0n) is 8.32. The summed E-state index contributed by atoms with van der Waals surface area (Å²) >= 11 is 1.91. The molecule has 0 aromatic carbocycles. The van der Waals surface area contributed by atoms with Gasteiger partial charge in [-0.3, -0.25) is 4.79 Å². The second-order valence-electron chi connectivity index (χ2n) is 3.48. The third-order valence-electron chi connectivity index (χ3n) is 2.56. The molecule has 2 atom stereocenters. The summed E-state index contributed by atoms with van der Waals surface area (Å²) in [6.07, 6.45) is 1.84. The van der Waals surface area contributed by atoms with Crippen molar-refractivity contribution in [3.05, 3.63) is 0 Å². The van der Waals surface area contributed by atoms with E-state index < -0.39 is 0 Å². The summed E-state index contributed by atoms with van der Waals surface area (Å²) in [5, 5.41) is 0. The number of nitrogens with two attached hydrogens (primary N) is 1. The molecule has 1 amide bonds. The lowest BCUT2D eigenvalue weighted by Crippen LogP contribution is -2.46. The number of thioether (sulfide) groups is 1. The minimum atomic E-state index is -0.310. The summed E-state index contributed by atoms with van der Waals surface area (Å²) in [4.78, 5) is 13.5.